The molecule has 1 aliphatic rings. The molecule has 2 amide bonds. The van der Waals surface area contributed by atoms with Crippen LogP contribution in [0.3, 0.4) is 0 Å². The van der Waals surface area contributed by atoms with Gasteiger partial charge in [0.05, 0.1) is 23.9 Å². The van der Waals surface area contributed by atoms with E-state index in [0.29, 0.717) is 23.5 Å². The van der Waals surface area contributed by atoms with Crippen LogP contribution >= 0.6 is 11.3 Å². The van der Waals surface area contributed by atoms with Crippen molar-refractivity contribution >= 4 is 23.2 Å². The number of carbonyl (C=O) groups excluding carboxylic acids is 2. The highest BCUT2D eigenvalue weighted by Crippen LogP contribution is 2.36. The number of hydrogen-bond donors (Lipinski definition) is 1. The molecule has 5 nitrogen and oxygen atoms in total. The fourth-order valence-electron chi connectivity index (χ4n) is 3.25. The smallest absolute Gasteiger partial charge is 0.261 e. The minimum absolute atomic E-state index is 0.0208. The van der Waals surface area contributed by atoms with Gasteiger partial charge in [-0.3, -0.25) is 9.59 Å². The molecule has 0 saturated carbocycles. The Morgan fingerprint density at radius 1 is 1.30 bits per heavy atom. The number of halogens is 1. The monoisotopic (exact) mass is 390 g/mol. The zero-order valence-electron chi connectivity index (χ0n) is 15.2. The first-order chi connectivity index (χ1) is 13.1. The number of nitrogens with one attached hydrogen (secondary N) is 1. The Balaban J connectivity index is 1.62. The maximum absolute atomic E-state index is 13.7. The van der Waals surface area contributed by atoms with Crippen LogP contribution < -0.4 is 5.32 Å². The molecule has 0 bridgehead atoms. The fourth-order valence-corrected chi connectivity index (χ4v) is 4.32. The van der Waals surface area contributed by atoms with Gasteiger partial charge in [-0.1, -0.05) is 18.2 Å². The molecule has 144 valence electrons. The van der Waals surface area contributed by atoms with Gasteiger partial charge in [0.25, 0.3) is 5.91 Å². The highest BCUT2D eigenvalue weighted by atomic mass is 32.1. The number of carbonyl (C=O) groups is 2. The molecule has 3 rings (SSSR count). The van der Waals surface area contributed by atoms with Crippen molar-refractivity contribution in [1.82, 2.24) is 10.2 Å². The summed E-state index contributed by atoms with van der Waals surface area (Å²) in [6, 6.07) is 10.1. The molecule has 7 heteroatoms. The summed E-state index contributed by atoms with van der Waals surface area (Å²) in [5, 5.41) is 2.76. The van der Waals surface area contributed by atoms with E-state index in [1.54, 1.807) is 31.4 Å². The Labute approximate surface area is 162 Å². The Hall–Kier alpha value is -2.25. The van der Waals surface area contributed by atoms with Crippen molar-refractivity contribution in [2.45, 2.75) is 31.8 Å². The van der Waals surface area contributed by atoms with Crippen LogP contribution in [0.1, 0.15) is 45.4 Å². The van der Waals surface area contributed by atoms with Gasteiger partial charge in [-0.2, -0.15) is 0 Å². The van der Waals surface area contributed by atoms with Gasteiger partial charge in [0, 0.05) is 30.6 Å². The summed E-state index contributed by atoms with van der Waals surface area (Å²) in [5.74, 6) is -0.482. The summed E-state index contributed by atoms with van der Waals surface area (Å²) in [4.78, 5) is 28.2. The molecule has 1 saturated heterocycles. The number of likely N-dealkylation sites (tertiary alicyclic amines) is 1. The molecule has 2 heterocycles. The molecule has 1 aromatic carbocycles. The summed E-state index contributed by atoms with van der Waals surface area (Å²) in [7, 11) is 1.58. The Morgan fingerprint density at radius 2 is 2.11 bits per heavy atom. The third-order valence-electron chi connectivity index (χ3n) is 4.67. The Kier molecular flexibility index (Phi) is 6.58. The zero-order valence-corrected chi connectivity index (χ0v) is 16.1. The molecule has 0 aliphatic carbocycles. The third kappa shape index (κ3) is 4.73. The van der Waals surface area contributed by atoms with E-state index in [0.717, 1.165) is 24.3 Å². The molecule has 1 atom stereocenters. The zero-order chi connectivity index (χ0) is 19.2. The number of benzene rings is 1. The van der Waals surface area contributed by atoms with Gasteiger partial charge in [-0.25, -0.2) is 4.39 Å². The van der Waals surface area contributed by atoms with E-state index in [1.807, 2.05) is 11.0 Å². The maximum Gasteiger partial charge on any atom is 0.261 e. The predicted molar refractivity (Wildman–Crippen MR) is 102 cm³/mol. The molecule has 0 radical (unpaired) electrons. The lowest BCUT2D eigenvalue weighted by atomic mass is 10.2. The average Bonchev–Trinajstić information content (AvgIpc) is 3.34. The lowest BCUT2D eigenvalue weighted by Crippen LogP contribution is -2.30. The fraction of sp³-hybridized carbons (Fsp3) is 0.400. The van der Waals surface area contributed by atoms with Gasteiger partial charge in [-0.05, 0) is 31.0 Å². The average molecular weight is 390 g/mol. The van der Waals surface area contributed by atoms with Gasteiger partial charge in [0.1, 0.15) is 5.82 Å². The number of amides is 2. The minimum atomic E-state index is -0.333. The van der Waals surface area contributed by atoms with Crippen molar-refractivity contribution in [2.24, 2.45) is 0 Å². The molecule has 0 unspecified atom stereocenters. The first kappa shape index (κ1) is 19.5. The molecular weight excluding hydrogens is 367 g/mol. The minimum Gasteiger partial charge on any atom is -0.384 e. The van der Waals surface area contributed by atoms with E-state index in [1.165, 1.54) is 17.4 Å². The van der Waals surface area contributed by atoms with E-state index < -0.39 is 0 Å². The molecule has 2 aromatic rings. The van der Waals surface area contributed by atoms with Gasteiger partial charge < -0.3 is 15.0 Å². The highest BCUT2D eigenvalue weighted by molar-refractivity contribution is 7.14. The standard InChI is InChI=1S/C20H23FN2O3S/c1-26-12-10-19(24)23-11-4-7-16(23)17-8-9-18(27-17)20(25)22-13-14-5-2-3-6-15(14)21/h2-3,5-6,8-9,16H,4,7,10-13H2,1H3,(H,22,25)/t16-/m0/s1. The molecule has 0 spiro atoms. The largest absolute Gasteiger partial charge is 0.384 e. The van der Waals surface area contributed by atoms with E-state index >= 15 is 0 Å². The number of nitrogens with zero attached hydrogens (tertiary/aromatic N) is 1. The summed E-state index contributed by atoms with van der Waals surface area (Å²) >= 11 is 1.39. The second-order valence-electron chi connectivity index (χ2n) is 6.46. The number of methoxy groups -OCH3 is 1. The normalized spacial score (nSPS) is 16.5. The van der Waals surface area contributed by atoms with Crippen LogP contribution in [0.5, 0.6) is 0 Å². The van der Waals surface area contributed by atoms with Crippen LogP contribution in [-0.2, 0) is 16.1 Å². The quantitative estimate of drug-likeness (QED) is 0.787. The van der Waals surface area contributed by atoms with E-state index in [2.05, 4.69) is 5.32 Å². The van der Waals surface area contributed by atoms with Crippen LogP contribution in [-0.4, -0.2) is 37.0 Å². The summed E-state index contributed by atoms with van der Waals surface area (Å²) in [5.41, 5.74) is 0.452. The third-order valence-corrected chi connectivity index (χ3v) is 5.85. The highest BCUT2D eigenvalue weighted by Gasteiger charge is 2.31. The lowest BCUT2D eigenvalue weighted by molar-refractivity contribution is -0.133. The van der Waals surface area contributed by atoms with Crippen LogP contribution in [0, 0.1) is 5.82 Å². The molecule has 1 aliphatic heterocycles. The van der Waals surface area contributed by atoms with Crippen molar-refractivity contribution in [3.8, 4) is 0 Å². The lowest BCUT2D eigenvalue weighted by Gasteiger charge is -2.23. The Morgan fingerprint density at radius 3 is 2.89 bits per heavy atom. The van der Waals surface area contributed by atoms with Gasteiger partial charge in [0.2, 0.25) is 5.91 Å². The SMILES string of the molecule is COCCC(=O)N1CCC[C@H]1c1ccc(C(=O)NCc2ccccc2F)s1. The summed E-state index contributed by atoms with van der Waals surface area (Å²) < 4.78 is 18.7. The Bertz CT molecular complexity index is 808. The van der Waals surface area contributed by atoms with Gasteiger partial charge in [-0.15, -0.1) is 11.3 Å². The van der Waals surface area contributed by atoms with E-state index in [4.69, 9.17) is 4.74 Å². The van der Waals surface area contributed by atoms with Crippen LogP contribution in [0.25, 0.3) is 0 Å². The van der Waals surface area contributed by atoms with Gasteiger partial charge in [0.15, 0.2) is 0 Å². The number of thiophene rings is 1. The van der Waals surface area contributed by atoms with Crippen molar-refractivity contribution in [3.63, 3.8) is 0 Å². The topological polar surface area (TPSA) is 58.6 Å². The second kappa shape index (κ2) is 9.10. The van der Waals surface area contributed by atoms with Crippen molar-refractivity contribution in [1.29, 1.82) is 0 Å². The van der Waals surface area contributed by atoms with E-state index in [9.17, 15) is 14.0 Å². The number of ether oxygens (including phenoxy) is 1. The molecular formula is C20H23FN2O3S. The first-order valence-electron chi connectivity index (χ1n) is 9.00. The summed E-state index contributed by atoms with van der Waals surface area (Å²) in [6.07, 6.45) is 2.22. The van der Waals surface area contributed by atoms with Crippen LogP contribution in [0.15, 0.2) is 36.4 Å². The van der Waals surface area contributed by atoms with E-state index in [-0.39, 0.29) is 30.2 Å². The van der Waals surface area contributed by atoms with Gasteiger partial charge >= 0.3 is 0 Å². The molecule has 1 fully saturated rings. The first-order valence-corrected chi connectivity index (χ1v) is 9.81. The van der Waals surface area contributed by atoms with Crippen molar-refractivity contribution in [3.05, 3.63) is 57.5 Å². The predicted octanol–water partition coefficient (Wildman–Crippen LogP) is 3.52. The number of hydrogen-bond acceptors (Lipinski definition) is 4. The van der Waals surface area contributed by atoms with Crippen LogP contribution in [0.4, 0.5) is 4.39 Å². The number of rotatable bonds is 7. The summed E-state index contributed by atoms with van der Waals surface area (Å²) in [6.45, 7) is 1.29. The maximum atomic E-state index is 13.7. The molecule has 27 heavy (non-hydrogen) atoms. The molecule has 1 N–H and O–H groups in total. The van der Waals surface area contributed by atoms with Crippen molar-refractivity contribution < 1.29 is 18.7 Å². The van der Waals surface area contributed by atoms with Crippen molar-refractivity contribution in [2.75, 3.05) is 20.3 Å². The second-order valence-corrected chi connectivity index (χ2v) is 7.58. The van der Waals surface area contributed by atoms with Crippen LogP contribution in [0.2, 0.25) is 0 Å². The molecule has 1 aromatic heterocycles.